The summed E-state index contributed by atoms with van der Waals surface area (Å²) in [6.07, 6.45) is 1.000. The summed E-state index contributed by atoms with van der Waals surface area (Å²) in [4.78, 5) is 0. The molecule has 2 aromatic carbocycles. The van der Waals surface area contributed by atoms with Gasteiger partial charge < -0.3 is 0 Å². The molecule has 1 heteroatoms. The fraction of sp³-hybridized carbons (Fsp3) is 0.200. The quantitative estimate of drug-likeness (QED) is 0.748. The highest BCUT2D eigenvalue weighted by molar-refractivity contribution is 9.10. The molecule has 0 aliphatic carbocycles. The van der Waals surface area contributed by atoms with E-state index in [2.05, 4.69) is 72.2 Å². The minimum Gasteiger partial charge on any atom is -0.0619 e. The average Bonchev–Trinajstić information content (AvgIpc) is 2.26. The number of aryl methyl sites for hydroxylation is 2. The van der Waals surface area contributed by atoms with Gasteiger partial charge in [-0.2, -0.15) is 0 Å². The lowest BCUT2D eigenvalue weighted by atomic mass is 9.96. The second-order valence-corrected chi connectivity index (χ2v) is 4.99. The van der Waals surface area contributed by atoms with Gasteiger partial charge >= 0.3 is 0 Å². The van der Waals surface area contributed by atoms with Crippen LogP contribution in [0.3, 0.4) is 0 Å². The predicted octanol–water partition coefficient (Wildman–Crippen LogP) is 4.66. The molecule has 0 amide bonds. The van der Waals surface area contributed by atoms with E-state index in [1.54, 1.807) is 0 Å². The van der Waals surface area contributed by atoms with E-state index in [-0.39, 0.29) is 0 Å². The van der Waals surface area contributed by atoms with Gasteiger partial charge in [0.1, 0.15) is 0 Å². The van der Waals surface area contributed by atoms with Gasteiger partial charge in [0.05, 0.1) is 0 Å². The van der Waals surface area contributed by atoms with Gasteiger partial charge in [0.25, 0.3) is 0 Å². The monoisotopic (exact) mass is 274 g/mol. The van der Waals surface area contributed by atoms with Crippen LogP contribution in [-0.4, -0.2) is 0 Å². The van der Waals surface area contributed by atoms with Gasteiger partial charge in [0.2, 0.25) is 0 Å². The molecule has 0 aliphatic rings. The summed E-state index contributed by atoms with van der Waals surface area (Å²) in [6, 6.07) is 14.9. The third-order valence-corrected chi connectivity index (χ3v) is 3.74. The van der Waals surface area contributed by atoms with E-state index >= 15 is 0 Å². The third kappa shape index (κ3) is 2.35. The first-order valence-electron chi connectivity index (χ1n) is 5.47. The lowest BCUT2D eigenvalue weighted by Gasteiger charge is -2.10. The minimum absolute atomic E-state index is 1.000. The first kappa shape index (κ1) is 11.4. The van der Waals surface area contributed by atoms with Crippen molar-refractivity contribution in [3.05, 3.63) is 69.2 Å². The fourth-order valence-electron chi connectivity index (χ4n) is 1.96. The molecule has 0 aliphatic heterocycles. The molecule has 0 saturated heterocycles. The highest BCUT2D eigenvalue weighted by Crippen LogP contribution is 2.23. The molecule has 0 atom stereocenters. The molecular formula is C15H15Br. The Bertz CT molecular complexity index is 480. The van der Waals surface area contributed by atoms with Gasteiger partial charge in [-0.25, -0.2) is 0 Å². The van der Waals surface area contributed by atoms with Crippen molar-refractivity contribution in [2.24, 2.45) is 0 Å². The number of benzene rings is 2. The van der Waals surface area contributed by atoms with Crippen LogP contribution < -0.4 is 0 Å². The number of hydrogen-bond donors (Lipinski definition) is 0. The Labute approximate surface area is 105 Å². The highest BCUT2D eigenvalue weighted by atomic mass is 79.9. The van der Waals surface area contributed by atoms with Crippen molar-refractivity contribution in [2.75, 3.05) is 0 Å². The summed E-state index contributed by atoms with van der Waals surface area (Å²) in [6.45, 7) is 4.36. The van der Waals surface area contributed by atoms with E-state index in [1.165, 1.54) is 26.7 Å². The number of halogens is 1. The Hall–Kier alpha value is -1.08. The summed E-state index contributed by atoms with van der Waals surface area (Å²) in [5.74, 6) is 0. The zero-order valence-corrected chi connectivity index (χ0v) is 11.2. The van der Waals surface area contributed by atoms with E-state index in [1.807, 2.05) is 0 Å². The van der Waals surface area contributed by atoms with Gasteiger partial charge in [0, 0.05) is 4.47 Å². The molecule has 2 aromatic rings. The molecule has 0 unspecified atom stereocenters. The molecular weight excluding hydrogens is 260 g/mol. The second kappa shape index (κ2) is 4.84. The molecule has 0 radical (unpaired) electrons. The van der Waals surface area contributed by atoms with E-state index in [9.17, 15) is 0 Å². The largest absolute Gasteiger partial charge is 0.0619 e. The molecule has 0 nitrogen and oxygen atoms in total. The Morgan fingerprint density at radius 2 is 1.50 bits per heavy atom. The topological polar surface area (TPSA) is 0 Å². The van der Waals surface area contributed by atoms with Crippen molar-refractivity contribution in [3.8, 4) is 0 Å². The van der Waals surface area contributed by atoms with Crippen LogP contribution in [-0.2, 0) is 6.42 Å². The van der Waals surface area contributed by atoms with Crippen molar-refractivity contribution in [1.82, 2.24) is 0 Å². The van der Waals surface area contributed by atoms with Crippen LogP contribution in [0.5, 0.6) is 0 Å². The maximum absolute atomic E-state index is 3.60. The SMILES string of the molecule is Cc1cccc(C)c1Cc1ccccc1Br. The molecule has 16 heavy (non-hydrogen) atoms. The van der Waals surface area contributed by atoms with Gasteiger partial charge in [0.15, 0.2) is 0 Å². The van der Waals surface area contributed by atoms with Gasteiger partial charge in [-0.3, -0.25) is 0 Å². The molecule has 82 valence electrons. The maximum atomic E-state index is 3.60. The highest BCUT2D eigenvalue weighted by Gasteiger charge is 2.05. The van der Waals surface area contributed by atoms with Gasteiger partial charge in [-0.05, 0) is 48.6 Å². The Kier molecular flexibility index (Phi) is 3.45. The first-order valence-corrected chi connectivity index (χ1v) is 6.26. The Morgan fingerprint density at radius 3 is 2.12 bits per heavy atom. The first-order chi connectivity index (χ1) is 7.68. The molecule has 0 aromatic heterocycles. The third-order valence-electron chi connectivity index (χ3n) is 2.97. The van der Waals surface area contributed by atoms with Crippen molar-refractivity contribution < 1.29 is 0 Å². The Balaban J connectivity index is 2.38. The van der Waals surface area contributed by atoms with Crippen LogP contribution in [0, 0.1) is 13.8 Å². The molecule has 0 N–H and O–H groups in total. The molecule has 0 bridgehead atoms. The van der Waals surface area contributed by atoms with Crippen molar-refractivity contribution in [1.29, 1.82) is 0 Å². The smallest absolute Gasteiger partial charge is 0.0210 e. The molecule has 0 saturated carbocycles. The van der Waals surface area contributed by atoms with Crippen molar-refractivity contribution in [2.45, 2.75) is 20.3 Å². The second-order valence-electron chi connectivity index (χ2n) is 4.14. The molecule has 2 rings (SSSR count). The molecule has 0 fully saturated rings. The fourth-order valence-corrected chi connectivity index (χ4v) is 2.38. The van der Waals surface area contributed by atoms with E-state index < -0.39 is 0 Å². The standard InChI is InChI=1S/C15H15Br/c1-11-6-5-7-12(2)14(11)10-13-8-3-4-9-15(13)16/h3-9H,10H2,1-2H3. The average molecular weight is 275 g/mol. The summed E-state index contributed by atoms with van der Waals surface area (Å²) in [7, 11) is 0. The lowest BCUT2D eigenvalue weighted by Crippen LogP contribution is -1.95. The van der Waals surface area contributed by atoms with E-state index in [0.717, 1.165) is 6.42 Å². The maximum Gasteiger partial charge on any atom is 0.0210 e. The van der Waals surface area contributed by atoms with Crippen LogP contribution in [0.4, 0.5) is 0 Å². The Morgan fingerprint density at radius 1 is 0.875 bits per heavy atom. The van der Waals surface area contributed by atoms with Crippen LogP contribution in [0.2, 0.25) is 0 Å². The lowest BCUT2D eigenvalue weighted by molar-refractivity contribution is 1.11. The number of hydrogen-bond acceptors (Lipinski definition) is 0. The van der Waals surface area contributed by atoms with Crippen LogP contribution in [0.15, 0.2) is 46.9 Å². The van der Waals surface area contributed by atoms with E-state index in [0.29, 0.717) is 0 Å². The summed E-state index contributed by atoms with van der Waals surface area (Å²) in [5.41, 5.74) is 5.53. The van der Waals surface area contributed by atoms with Gasteiger partial charge in [-0.1, -0.05) is 52.3 Å². The summed E-state index contributed by atoms with van der Waals surface area (Å²) in [5, 5.41) is 0. The molecule has 0 spiro atoms. The van der Waals surface area contributed by atoms with Gasteiger partial charge in [-0.15, -0.1) is 0 Å². The summed E-state index contributed by atoms with van der Waals surface area (Å²) >= 11 is 3.60. The van der Waals surface area contributed by atoms with Crippen LogP contribution in [0.25, 0.3) is 0 Å². The van der Waals surface area contributed by atoms with Crippen molar-refractivity contribution in [3.63, 3.8) is 0 Å². The summed E-state index contributed by atoms with van der Waals surface area (Å²) < 4.78 is 1.19. The number of rotatable bonds is 2. The molecule has 0 heterocycles. The van der Waals surface area contributed by atoms with E-state index in [4.69, 9.17) is 0 Å². The van der Waals surface area contributed by atoms with Crippen molar-refractivity contribution >= 4 is 15.9 Å². The normalized spacial score (nSPS) is 10.4. The zero-order chi connectivity index (χ0) is 11.5. The van der Waals surface area contributed by atoms with Crippen LogP contribution >= 0.6 is 15.9 Å². The predicted molar refractivity (Wildman–Crippen MR) is 72.9 cm³/mol. The van der Waals surface area contributed by atoms with Crippen LogP contribution in [0.1, 0.15) is 22.3 Å². The zero-order valence-electron chi connectivity index (χ0n) is 9.63. The minimum atomic E-state index is 1.000.